The maximum atomic E-state index is 14.5. The molecule has 5 aromatic rings. The average Bonchev–Trinajstić information content (AvgIpc) is 3.51. The first-order valence-electron chi connectivity index (χ1n) is 15.5. The summed E-state index contributed by atoms with van der Waals surface area (Å²) in [7, 11) is -1.03. The monoisotopic (exact) mass is 740 g/mol. The molecule has 13 nitrogen and oxygen atoms in total. The number of nitrogens with zero attached hydrogens (tertiary/aromatic N) is 5. The van der Waals surface area contributed by atoms with Crippen molar-refractivity contribution in [2.45, 2.75) is 38.8 Å². The van der Waals surface area contributed by atoms with E-state index in [1.165, 1.54) is 47.7 Å². The molecule has 17 heteroatoms. The van der Waals surface area contributed by atoms with Crippen molar-refractivity contribution in [2.24, 2.45) is 10.1 Å². The lowest BCUT2D eigenvalue weighted by Gasteiger charge is -2.25. The van der Waals surface area contributed by atoms with Gasteiger partial charge in [-0.15, -0.1) is 4.40 Å². The Hall–Kier alpha value is -5.35. The van der Waals surface area contributed by atoms with E-state index in [4.69, 9.17) is 27.1 Å². The van der Waals surface area contributed by atoms with Gasteiger partial charge in [0, 0.05) is 31.8 Å². The third-order valence-electron chi connectivity index (χ3n) is 7.81. The number of nitrogens with one attached hydrogen (secondary N) is 2. The minimum Gasteiger partial charge on any atom is -0.497 e. The molecular formula is C34H35ClF2N8O5S. The molecule has 3 aromatic carbocycles. The SMILES string of the molecule is CNc1c(-n2c([C@H](Cc3cc(F)cc(F)c3)NC(=O)Cn3ccc(C(C)C)n3)nc3cc(OC)ccc3c2=O)ccc(Cl)c1/C(N)=N/S(C)(=O)=O. The normalized spacial score (nSPS) is 12.7. The molecule has 0 aliphatic heterocycles. The Labute approximate surface area is 297 Å². The molecule has 0 spiro atoms. The van der Waals surface area contributed by atoms with Crippen molar-refractivity contribution < 1.29 is 26.7 Å². The van der Waals surface area contributed by atoms with Gasteiger partial charge in [0.05, 0.1) is 58.0 Å². The molecule has 1 atom stereocenters. The minimum absolute atomic E-state index is 0.0150. The van der Waals surface area contributed by atoms with Crippen molar-refractivity contribution in [1.29, 1.82) is 0 Å². The minimum atomic E-state index is -3.97. The number of rotatable bonds is 12. The quantitative estimate of drug-likeness (QED) is 0.123. The Morgan fingerprint density at radius 1 is 1.10 bits per heavy atom. The second-order valence-electron chi connectivity index (χ2n) is 12.0. The summed E-state index contributed by atoms with van der Waals surface area (Å²) in [6.45, 7) is 3.70. The topological polar surface area (TPSA) is 176 Å². The van der Waals surface area contributed by atoms with Crippen LogP contribution in [0.25, 0.3) is 16.6 Å². The molecule has 0 bridgehead atoms. The van der Waals surface area contributed by atoms with Crippen LogP contribution in [0.2, 0.25) is 5.02 Å². The van der Waals surface area contributed by atoms with Crippen LogP contribution in [-0.2, 0) is 27.8 Å². The smallest absolute Gasteiger partial charge is 0.266 e. The van der Waals surface area contributed by atoms with Crippen LogP contribution in [0.5, 0.6) is 5.75 Å². The number of amidine groups is 1. The largest absolute Gasteiger partial charge is 0.497 e. The summed E-state index contributed by atoms with van der Waals surface area (Å²) in [4.78, 5) is 33.0. The highest BCUT2D eigenvalue weighted by atomic mass is 35.5. The number of hydrogen-bond acceptors (Lipinski definition) is 8. The van der Waals surface area contributed by atoms with Crippen LogP contribution < -0.4 is 26.7 Å². The van der Waals surface area contributed by atoms with Gasteiger partial charge in [0.1, 0.15) is 35.6 Å². The second kappa shape index (κ2) is 14.9. The number of halogens is 3. The summed E-state index contributed by atoms with van der Waals surface area (Å²) in [5.74, 6) is -2.24. The summed E-state index contributed by atoms with van der Waals surface area (Å²) < 4.78 is 64.6. The van der Waals surface area contributed by atoms with Gasteiger partial charge in [-0.05, 0) is 53.9 Å². The molecule has 0 fully saturated rings. The number of aromatic nitrogens is 4. The molecule has 0 radical (unpaired) electrons. The van der Waals surface area contributed by atoms with Crippen molar-refractivity contribution in [2.75, 3.05) is 25.7 Å². The number of ether oxygens (including phenoxy) is 1. The molecule has 0 saturated carbocycles. The number of amides is 1. The van der Waals surface area contributed by atoms with Crippen LogP contribution in [-0.4, -0.2) is 59.9 Å². The van der Waals surface area contributed by atoms with Gasteiger partial charge in [-0.25, -0.2) is 22.2 Å². The molecule has 0 unspecified atom stereocenters. The van der Waals surface area contributed by atoms with Gasteiger partial charge in [0.2, 0.25) is 5.91 Å². The van der Waals surface area contributed by atoms with Gasteiger partial charge >= 0.3 is 0 Å². The van der Waals surface area contributed by atoms with Gasteiger partial charge in [-0.1, -0.05) is 25.4 Å². The van der Waals surface area contributed by atoms with Gasteiger partial charge in [0.15, 0.2) is 0 Å². The molecular weight excluding hydrogens is 706 g/mol. The lowest BCUT2D eigenvalue weighted by atomic mass is 10.0. The Morgan fingerprint density at radius 3 is 2.41 bits per heavy atom. The van der Waals surface area contributed by atoms with E-state index >= 15 is 0 Å². The fourth-order valence-electron chi connectivity index (χ4n) is 5.59. The Bertz CT molecular complexity index is 2320. The van der Waals surface area contributed by atoms with Crippen LogP contribution in [0, 0.1) is 11.6 Å². The Kier molecular flexibility index (Phi) is 10.8. The van der Waals surface area contributed by atoms with E-state index in [2.05, 4.69) is 20.1 Å². The first-order valence-corrected chi connectivity index (χ1v) is 17.8. The van der Waals surface area contributed by atoms with E-state index in [-0.39, 0.29) is 63.1 Å². The van der Waals surface area contributed by atoms with E-state index in [9.17, 15) is 26.8 Å². The highest BCUT2D eigenvalue weighted by Gasteiger charge is 2.27. The van der Waals surface area contributed by atoms with E-state index in [0.717, 1.165) is 24.1 Å². The fraction of sp³-hybridized carbons (Fsp3) is 0.265. The molecule has 5 rings (SSSR count). The zero-order valence-corrected chi connectivity index (χ0v) is 29.8. The summed E-state index contributed by atoms with van der Waals surface area (Å²) in [5, 5.41) is 10.4. The third-order valence-corrected chi connectivity index (χ3v) is 8.66. The number of fused-ring (bicyclic) bond motifs is 1. The average molecular weight is 741 g/mol. The van der Waals surface area contributed by atoms with Crippen molar-refractivity contribution >= 4 is 50.0 Å². The molecule has 2 heterocycles. The second-order valence-corrected chi connectivity index (χ2v) is 14.0. The Balaban J connectivity index is 1.79. The standard InChI is InChI=1S/C34H35ClF2N8O5S/c1-18(2)25-10-11-44(42-25)17-29(46)40-27(14-19-12-20(36)15-21(37)13-19)33-41-26-16-22(50-4)6-7-23(26)34(47)45(33)28-9-8-24(35)30(31(28)39-3)32(38)43-51(5,48)49/h6-13,15-16,18,27,39H,14,17H2,1-5H3,(H2,38,43)(H,40,46)/t27-/m0/s1. The predicted octanol–water partition coefficient (Wildman–Crippen LogP) is 4.45. The highest BCUT2D eigenvalue weighted by molar-refractivity contribution is 7.89. The van der Waals surface area contributed by atoms with Crippen molar-refractivity contribution in [3.63, 3.8) is 0 Å². The molecule has 0 saturated heterocycles. The van der Waals surface area contributed by atoms with Gasteiger partial charge in [0.25, 0.3) is 15.6 Å². The number of carbonyl (C=O) groups is 1. The molecule has 4 N–H and O–H groups in total. The first-order chi connectivity index (χ1) is 24.1. The lowest BCUT2D eigenvalue weighted by molar-refractivity contribution is -0.122. The van der Waals surface area contributed by atoms with Crippen LogP contribution in [0.1, 0.15) is 48.5 Å². The van der Waals surface area contributed by atoms with Crippen LogP contribution in [0.3, 0.4) is 0 Å². The number of carbonyl (C=O) groups excluding carboxylic acids is 1. The van der Waals surface area contributed by atoms with Crippen molar-refractivity contribution in [3.8, 4) is 11.4 Å². The van der Waals surface area contributed by atoms with E-state index in [1.807, 2.05) is 13.8 Å². The number of anilines is 1. The maximum absolute atomic E-state index is 14.5. The molecule has 0 aliphatic rings. The van der Waals surface area contributed by atoms with Gasteiger partial charge < -0.3 is 21.1 Å². The van der Waals surface area contributed by atoms with Gasteiger partial charge in [-0.3, -0.25) is 18.8 Å². The fourth-order valence-corrected chi connectivity index (χ4v) is 6.29. The summed E-state index contributed by atoms with van der Waals surface area (Å²) in [6.07, 6.45) is 2.29. The number of methoxy groups -OCH3 is 1. The molecule has 51 heavy (non-hydrogen) atoms. The van der Waals surface area contributed by atoms with Crippen LogP contribution >= 0.6 is 11.6 Å². The zero-order valence-electron chi connectivity index (χ0n) is 28.2. The third kappa shape index (κ3) is 8.35. The van der Waals surface area contributed by atoms with Crippen molar-refractivity contribution in [3.05, 3.63) is 110 Å². The number of sulfonamides is 1. The van der Waals surface area contributed by atoms with Crippen LogP contribution in [0.15, 0.2) is 70.0 Å². The summed E-state index contributed by atoms with van der Waals surface area (Å²) in [6, 6.07) is 11.0. The highest BCUT2D eigenvalue weighted by Crippen LogP contribution is 2.33. The van der Waals surface area contributed by atoms with E-state index < -0.39 is 45.0 Å². The number of nitrogens with two attached hydrogens (primary N) is 1. The molecule has 268 valence electrons. The first kappa shape index (κ1) is 36.9. The number of benzene rings is 3. The predicted molar refractivity (Wildman–Crippen MR) is 191 cm³/mol. The molecule has 0 aliphatic carbocycles. The number of hydrogen-bond donors (Lipinski definition) is 3. The zero-order chi connectivity index (χ0) is 37.2. The summed E-state index contributed by atoms with van der Waals surface area (Å²) in [5.41, 5.74) is 6.83. The van der Waals surface area contributed by atoms with E-state index in [0.29, 0.717) is 11.8 Å². The molecule has 1 amide bonds. The Morgan fingerprint density at radius 2 is 1.80 bits per heavy atom. The lowest BCUT2D eigenvalue weighted by Crippen LogP contribution is -2.37. The molecule has 2 aromatic heterocycles. The summed E-state index contributed by atoms with van der Waals surface area (Å²) >= 11 is 6.52. The van der Waals surface area contributed by atoms with Gasteiger partial charge in [-0.2, -0.15) is 5.10 Å². The van der Waals surface area contributed by atoms with Crippen LogP contribution in [0.4, 0.5) is 14.5 Å². The maximum Gasteiger partial charge on any atom is 0.266 e. The van der Waals surface area contributed by atoms with Crippen molar-refractivity contribution in [1.82, 2.24) is 24.6 Å². The van der Waals surface area contributed by atoms with E-state index in [1.54, 1.807) is 18.3 Å².